The molecule has 0 unspecified atom stereocenters. The van der Waals surface area contributed by atoms with Crippen LogP contribution < -0.4 is 4.74 Å². The van der Waals surface area contributed by atoms with Crippen LogP contribution in [0.2, 0.25) is 0 Å². The normalized spacial score (nSPS) is 20.0. The lowest BCUT2D eigenvalue weighted by Crippen LogP contribution is -2.51. The molecule has 25 heavy (non-hydrogen) atoms. The lowest BCUT2D eigenvalue weighted by atomic mass is 10.1. The highest BCUT2D eigenvalue weighted by Crippen LogP contribution is 2.24. The fourth-order valence-corrected chi connectivity index (χ4v) is 3.49. The van der Waals surface area contributed by atoms with Crippen LogP contribution in [0.1, 0.15) is 36.0 Å². The van der Waals surface area contributed by atoms with Crippen molar-refractivity contribution in [3.05, 3.63) is 23.9 Å². The maximum Gasteiger partial charge on any atom is 0.422 e. The van der Waals surface area contributed by atoms with Gasteiger partial charge in [-0.1, -0.05) is 12.8 Å². The van der Waals surface area contributed by atoms with Gasteiger partial charge in [-0.25, -0.2) is 4.98 Å². The summed E-state index contributed by atoms with van der Waals surface area (Å²) in [6.45, 7) is 1.69. The Bertz CT molecular complexity index is 578. The number of alkyl halides is 3. The van der Waals surface area contributed by atoms with Gasteiger partial charge in [-0.15, -0.1) is 0 Å². The maximum atomic E-state index is 12.5. The van der Waals surface area contributed by atoms with Crippen LogP contribution in [0.3, 0.4) is 0 Å². The molecule has 8 heteroatoms. The van der Waals surface area contributed by atoms with Gasteiger partial charge in [-0.3, -0.25) is 9.69 Å². The van der Waals surface area contributed by atoms with Crippen LogP contribution in [0.25, 0.3) is 0 Å². The smallest absolute Gasteiger partial charge is 0.422 e. The Morgan fingerprint density at radius 3 is 2.40 bits per heavy atom. The Labute approximate surface area is 144 Å². The van der Waals surface area contributed by atoms with E-state index in [9.17, 15) is 18.0 Å². The Balaban J connectivity index is 1.51. The van der Waals surface area contributed by atoms with Crippen molar-refractivity contribution < 1.29 is 22.7 Å². The van der Waals surface area contributed by atoms with Crippen molar-refractivity contribution >= 4 is 5.91 Å². The van der Waals surface area contributed by atoms with Gasteiger partial charge in [0.15, 0.2) is 6.61 Å². The second-order valence-electron chi connectivity index (χ2n) is 6.56. The molecule has 0 bridgehead atoms. The topological polar surface area (TPSA) is 45.7 Å². The van der Waals surface area contributed by atoms with Crippen LogP contribution >= 0.6 is 0 Å². The molecule has 1 amide bonds. The van der Waals surface area contributed by atoms with Crippen molar-refractivity contribution in [2.45, 2.75) is 37.9 Å². The fourth-order valence-electron chi connectivity index (χ4n) is 3.49. The first-order valence-corrected chi connectivity index (χ1v) is 8.61. The summed E-state index contributed by atoms with van der Waals surface area (Å²) in [5.41, 5.74) is 0.369. The minimum atomic E-state index is -4.41. The van der Waals surface area contributed by atoms with Crippen molar-refractivity contribution in [3.8, 4) is 5.88 Å². The standard InChI is InChI=1S/C17H22F3N3O2/c18-17(19,20)12-25-15-6-5-13(11-21-15)16(24)23-9-7-22(8-10-23)14-3-1-2-4-14/h5-6,11,14H,1-4,7-10,12H2. The number of aromatic nitrogens is 1. The van der Waals surface area contributed by atoms with Gasteiger partial charge in [-0.2, -0.15) is 13.2 Å². The highest BCUT2D eigenvalue weighted by Gasteiger charge is 2.29. The predicted molar refractivity (Wildman–Crippen MR) is 85.5 cm³/mol. The van der Waals surface area contributed by atoms with E-state index in [1.165, 1.54) is 44.0 Å². The number of hydrogen-bond donors (Lipinski definition) is 0. The van der Waals surface area contributed by atoms with E-state index in [2.05, 4.69) is 14.6 Å². The molecule has 1 saturated heterocycles. The fraction of sp³-hybridized carbons (Fsp3) is 0.647. The molecule has 138 valence electrons. The molecular formula is C17H22F3N3O2. The molecule has 1 aliphatic carbocycles. The second kappa shape index (κ2) is 7.59. The zero-order chi connectivity index (χ0) is 17.9. The monoisotopic (exact) mass is 357 g/mol. The van der Waals surface area contributed by atoms with Crippen LogP contribution in [0.15, 0.2) is 18.3 Å². The number of carbonyl (C=O) groups is 1. The zero-order valence-corrected chi connectivity index (χ0v) is 14.0. The molecule has 0 spiro atoms. The summed E-state index contributed by atoms with van der Waals surface area (Å²) in [5, 5.41) is 0. The molecular weight excluding hydrogens is 335 g/mol. The Hall–Kier alpha value is -1.83. The Kier molecular flexibility index (Phi) is 5.46. The molecule has 2 aliphatic rings. The van der Waals surface area contributed by atoms with Gasteiger partial charge in [0.25, 0.3) is 5.91 Å². The maximum absolute atomic E-state index is 12.5. The summed E-state index contributed by atoms with van der Waals surface area (Å²) in [5.74, 6) is -0.277. The number of piperazine rings is 1. The minimum absolute atomic E-state index is 0.138. The third-order valence-corrected chi connectivity index (χ3v) is 4.81. The van der Waals surface area contributed by atoms with E-state index in [-0.39, 0.29) is 11.8 Å². The number of hydrogen-bond acceptors (Lipinski definition) is 4. The van der Waals surface area contributed by atoms with E-state index in [1.807, 2.05) is 0 Å². The molecule has 3 rings (SSSR count). The zero-order valence-electron chi connectivity index (χ0n) is 14.0. The first kappa shape index (κ1) is 18.0. The number of nitrogens with zero attached hydrogens (tertiary/aromatic N) is 3. The van der Waals surface area contributed by atoms with Crippen LogP contribution in [0, 0.1) is 0 Å². The molecule has 5 nitrogen and oxygen atoms in total. The Morgan fingerprint density at radius 2 is 1.84 bits per heavy atom. The quantitative estimate of drug-likeness (QED) is 0.831. The van der Waals surface area contributed by atoms with E-state index in [4.69, 9.17) is 0 Å². The molecule has 0 atom stereocenters. The lowest BCUT2D eigenvalue weighted by molar-refractivity contribution is -0.154. The van der Waals surface area contributed by atoms with Crippen molar-refractivity contribution in [1.82, 2.24) is 14.8 Å². The summed E-state index contributed by atoms with van der Waals surface area (Å²) < 4.78 is 40.9. The highest BCUT2D eigenvalue weighted by molar-refractivity contribution is 5.94. The SMILES string of the molecule is O=C(c1ccc(OCC(F)(F)F)nc1)N1CCN(C2CCCC2)CC1. The third kappa shape index (κ3) is 4.84. The van der Waals surface area contributed by atoms with Crippen molar-refractivity contribution in [1.29, 1.82) is 0 Å². The van der Waals surface area contributed by atoms with Crippen molar-refractivity contribution in [2.24, 2.45) is 0 Å². The van der Waals surface area contributed by atoms with Gasteiger partial charge in [-0.05, 0) is 18.9 Å². The summed E-state index contributed by atoms with van der Waals surface area (Å²) >= 11 is 0. The van der Waals surface area contributed by atoms with E-state index < -0.39 is 12.8 Å². The average molecular weight is 357 g/mol. The van der Waals surface area contributed by atoms with Crippen LogP contribution in [0.4, 0.5) is 13.2 Å². The number of ether oxygens (including phenoxy) is 1. The molecule has 0 radical (unpaired) electrons. The van der Waals surface area contributed by atoms with Gasteiger partial charge in [0.05, 0.1) is 5.56 Å². The first-order valence-electron chi connectivity index (χ1n) is 8.61. The molecule has 0 N–H and O–H groups in total. The van der Waals surface area contributed by atoms with E-state index in [0.717, 1.165) is 13.1 Å². The highest BCUT2D eigenvalue weighted by atomic mass is 19.4. The predicted octanol–water partition coefficient (Wildman–Crippen LogP) is 2.72. The van der Waals surface area contributed by atoms with Gasteiger partial charge in [0.1, 0.15) is 0 Å². The van der Waals surface area contributed by atoms with Crippen LogP contribution in [-0.4, -0.2) is 65.7 Å². The summed E-state index contributed by atoms with van der Waals surface area (Å²) in [4.78, 5) is 20.5. The number of amides is 1. The van der Waals surface area contributed by atoms with Crippen molar-refractivity contribution in [2.75, 3.05) is 32.8 Å². The van der Waals surface area contributed by atoms with Gasteiger partial charge >= 0.3 is 6.18 Å². The minimum Gasteiger partial charge on any atom is -0.468 e. The van der Waals surface area contributed by atoms with Gasteiger partial charge in [0, 0.05) is 44.5 Å². The largest absolute Gasteiger partial charge is 0.468 e. The summed E-state index contributed by atoms with van der Waals surface area (Å²) in [6, 6.07) is 3.42. The van der Waals surface area contributed by atoms with Crippen LogP contribution in [0.5, 0.6) is 5.88 Å². The van der Waals surface area contributed by atoms with E-state index in [0.29, 0.717) is 24.7 Å². The van der Waals surface area contributed by atoms with E-state index in [1.54, 1.807) is 4.90 Å². The number of pyridine rings is 1. The lowest BCUT2D eigenvalue weighted by Gasteiger charge is -2.38. The number of carbonyl (C=O) groups excluding carboxylic acids is 1. The average Bonchev–Trinajstić information content (AvgIpc) is 3.14. The molecule has 1 aliphatic heterocycles. The molecule has 2 heterocycles. The molecule has 1 aromatic heterocycles. The van der Waals surface area contributed by atoms with Crippen LogP contribution in [-0.2, 0) is 0 Å². The molecule has 1 saturated carbocycles. The Morgan fingerprint density at radius 1 is 1.16 bits per heavy atom. The number of halogens is 3. The summed E-state index contributed by atoms with van der Waals surface area (Å²) in [7, 11) is 0. The number of rotatable bonds is 4. The molecule has 2 fully saturated rings. The molecule has 0 aromatic carbocycles. The molecule has 1 aromatic rings. The summed E-state index contributed by atoms with van der Waals surface area (Å²) in [6.07, 6.45) is 1.94. The van der Waals surface area contributed by atoms with Crippen molar-refractivity contribution in [3.63, 3.8) is 0 Å². The van der Waals surface area contributed by atoms with Gasteiger partial charge < -0.3 is 9.64 Å². The third-order valence-electron chi connectivity index (χ3n) is 4.81. The van der Waals surface area contributed by atoms with E-state index >= 15 is 0 Å². The first-order chi connectivity index (χ1) is 11.9. The second-order valence-corrected chi connectivity index (χ2v) is 6.56. The van der Waals surface area contributed by atoms with Gasteiger partial charge in [0.2, 0.25) is 5.88 Å².